The summed E-state index contributed by atoms with van der Waals surface area (Å²) in [5.41, 5.74) is 0.356. The molecule has 1 aromatic carbocycles. The number of nitrogens with one attached hydrogen (secondary N) is 1. The van der Waals surface area contributed by atoms with Gasteiger partial charge in [0, 0.05) is 19.1 Å². The van der Waals surface area contributed by atoms with Crippen LogP contribution in [0.25, 0.3) is 0 Å². The number of carbonyl (C=O) groups is 2. The molecule has 1 aromatic rings. The topological polar surface area (TPSA) is 58.6 Å². The van der Waals surface area contributed by atoms with Crippen molar-refractivity contribution < 1.29 is 14.3 Å². The maximum Gasteiger partial charge on any atom is 0.238 e. The number of rotatable bonds is 7. The summed E-state index contributed by atoms with van der Waals surface area (Å²) in [4.78, 5) is 27.8. The van der Waals surface area contributed by atoms with Crippen molar-refractivity contribution in [2.24, 2.45) is 5.41 Å². The molecule has 2 aliphatic rings. The van der Waals surface area contributed by atoms with E-state index in [-0.39, 0.29) is 11.8 Å². The highest BCUT2D eigenvalue weighted by molar-refractivity contribution is 6.08. The second kappa shape index (κ2) is 8.11. The van der Waals surface area contributed by atoms with Crippen molar-refractivity contribution in [2.75, 3.05) is 20.2 Å². The SMILES string of the molecule is CCC1CCCCN1C(=O)C1(C(=O)NCCc2ccc(OC)cc2)CC1. The van der Waals surface area contributed by atoms with Gasteiger partial charge in [0.1, 0.15) is 11.2 Å². The first-order valence-corrected chi connectivity index (χ1v) is 9.83. The van der Waals surface area contributed by atoms with Gasteiger partial charge < -0.3 is 15.0 Å². The van der Waals surface area contributed by atoms with Gasteiger partial charge in [-0.1, -0.05) is 19.1 Å². The van der Waals surface area contributed by atoms with Gasteiger partial charge in [0.25, 0.3) is 0 Å². The van der Waals surface area contributed by atoms with Crippen LogP contribution >= 0.6 is 0 Å². The number of nitrogens with zero attached hydrogens (tertiary/aromatic N) is 1. The van der Waals surface area contributed by atoms with Crippen LogP contribution in [-0.4, -0.2) is 43.0 Å². The van der Waals surface area contributed by atoms with Crippen LogP contribution in [0.15, 0.2) is 24.3 Å². The first kappa shape index (κ1) is 18.7. The van der Waals surface area contributed by atoms with Crippen LogP contribution < -0.4 is 10.1 Å². The molecule has 142 valence electrons. The van der Waals surface area contributed by atoms with Gasteiger partial charge in [-0.15, -0.1) is 0 Å². The van der Waals surface area contributed by atoms with Crippen molar-refractivity contribution in [2.45, 2.75) is 57.9 Å². The number of piperidine rings is 1. The first-order chi connectivity index (χ1) is 12.6. The Morgan fingerprint density at radius 3 is 2.58 bits per heavy atom. The summed E-state index contributed by atoms with van der Waals surface area (Å²) in [6.45, 7) is 3.49. The van der Waals surface area contributed by atoms with E-state index in [1.54, 1.807) is 7.11 Å². The smallest absolute Gasteiger partial charge is 0.238 e. The van der Waals surface area contributed by atoms with E-state index in [4.69, 9.17) is 4.74 Å². The minimum absolute atomic E-state index is 0.0611. The zero-order chi connectivity index (χ0) is 18.6. The van der Waals surface area contributed by atoms with Gasteiger partial charge in [0.2, 0.25) is 11.8 Å². The van der Waals surface area contributed by atoms with Gasteiger partial charge in [-0.3, -0.25) is 9.59 Å². The third-order valence-electron chi connectivity index (χ3n) is 5.81. The molecule has 1 aliphatic carbocycles. The first-order valence-electron chi connectivity index (χ1n) is 9.83. The number of carbonyl (C=O) groups excluding carboxylic acids is 2. The summed E-state index contributed by atoms with van der Waals surface area (Å²) in [5, 5.41) is 3.00. The molecular weight excluding hydrogens is 328 g/mol. The Bertz CT molecular complexity index is 637. The van der Waals surface area contributed by atoms with Gasteiger partial charge in [-0.05, 0) is 62.6 Å². The van der Waals surface area contributed by atoms with Crippen LogP contribution in [-0.2, 0) is 16.0 Å². The third kappa shape index (κ3) is 3.87. The lowest BCUT2D eigenvalue weighted by Gasteiger charge is -2.37. The zero-order valence-electron chi connectivity index (χ0n) is 15.9. The molecule has 2 fully saturated rings. The highest BCUT2D eigenvalue weighted by atomic mass is 16.5. The molecule has 1 aliphatic heterocycles. The zero-order valence-corrected chi connectivity index (χ0v) is 15.9. The molecule has 1 heterocycles. The van der Waals surface area contributed by atoms with Gasteiger partial charge in [-0.25, -0.2) is 0 Å². The Hall–Kier alpha value is -2.04. The van der Waals surface area contributed by atoms with E-state index in [2.05, 4.69) is 12.2 Å². The minimum atomic E-state index is -0.787. The molecule has 0 aromatic heterocycles. The van der Waals surface area contributed by atoms with Crippen molar-refractivity contribution in [1.29, 1.82) is 0 Å². The summed E-state index contributed by atoms with van der Waals surface area (Å²) in [5.74, 6) is 0.801. The van der Waals surface area contributed by atoms with Crippen molar-refractivity contribution in [3.8, 4) is 5.75 Å². The average Bonchev–Trinajstić information content (AvgIpc) is 3.50. The predicted octanol–water partition coefficient (Wildman–Crippen LogP) is 2.93. The van der Waals surface area contributed by atoms with E-state index >= 15 is 0 Å². The lowest BCUT2D eigenvalue weighted by Crippen LogP contribution is -2.51. The lowest BCUT2D eigenvalue weighted by atomic mass is 9.95. The number of amides is 2. The quantitative estimate of drug-likeness (QED) is 0.763. The Morgan fingerprint density at radius 2 is 1.96 bits per heavy atom. The van der Waals surface area contributed by atoms with E-state index in [0.717, 1.165) is 43.5 Å². The predicted molar refractivity (Wildman–Crippen MR) is 101 cm³/mol. The lowest BCUT2D eigenvalue weighted by molar-refractivity contribution is -0.147. The maximum atomic E-state index is 13.0. The molecule has 26 heavy (non-hydrogen) atoms. The number of benzene rings is 1. The fourth-order valence-electron chi connectivity index (χ4n) is 3.91. The van der Waals surface area contributed by atoms with Crippen LogP contribution in [0.3, 0.4) is 0 Å². The van der Waals surface area contributed by atoms with Gasteiger partial charge in [-0.2, -0.15) is 0 Å². The highest BCUT2D eigenvalue weighted by Crippen LogP contribution is 2.48. The van der Waals surface area contributed by atoms with Crippen molar-refractivity contribution in [3.05, 3.63) is 29.8 Å². The summed E-state index contributed by atoms with van der Waals surface area (Å²) < 4.78 is 5.15. The molecular formula is C21H30N2O3. The minimum Gasteiger partial charge on any atom is -0.497 e. The fourth-order valence-corrected chi connectivity index (χ4v) is 3.91. The molecule has 1 atom stereocenters. The third-order valence-corrected chi connectivity index (χ3v) is 5.81. The van der Waals surface area contributed by atoms with Crippen LogP contribution in [0.2, 0.25) is 0 Å². The molecule has 3 rings (SSSR count). The van der Waals surface area contributed by atoms with Gasteiger partial charge in [0.05, 0.1) is 7.11 Å². The molecule has 0 bridgehead atoms. The van der Waals surface area contributed by atoms with Crippen molar-refractivity contribution >= 4 is 11.8 Å². The highest BCUT2D eigenvalue weighted by Gasteiger charge is 2.58. The molecule has 5 heteroatoms. The average molecular weight is 358 g/mol. The van der Waals surface area contributed by atoms with Gasteiger partial charge >= 0.3 is 0 Å². The number of hydrogen-bond acceptors (Lipinski definition) is 3. The normalized spacial score (nSPS) is 21.2. The standard InChI is InChI=1S/C21H30N2O3/c1-3-17-6-4-5-15-23(17)20(25)21(12-13-21)19(24)22-14-11-16-7-9-18(26-2)10-8-16/h7-10,17H,3-6,11-15H2,1-2H3,(H,22,24). The van der Waals surface area contributed by atoms with Crippen LogP contribution in [0.5, 0.6) is 5.75 Å². The summed E-state index contributed by atoms with van der Waals surface area (Å²) in [6.07, 6.45) is 6.40. The number of likely N-dealkylation sites (tertiary alicyclic amines) is 1. The Balaban J connectivity index is 1.54. The monoisotopic (exact) mass is 358 g/mol. The molecule has 1 unspecified atom stereocenters. The molecule has 1 saturated heterocycles. The fraction of sp³-hybridized carbons (Fsp3) is 0.619. The van der Waals surface area contributed by atoms with E-state index in [9.17, 15) is 9.59 Å². The molecule has 0 spiro atoms. The van der Waals surface area contributed by atoms with E-state index in [1.165, 1.54) is 6.42 Å². The largest absolute Gasteiger partial charge is 0.497 e. The van der Waals surface area contributed by atoms with E-state index in [0.29, 0.717) is 25.4 Å². The number of methoxy groups -OCH3 is 1. The maximum absolute atomic E-state index is 13.0. The summed E-state index contributed by atoms with van der Waals surface area (Å²) >= 11 is 0. The van der Waals surface area contributed by atoms with Crippen LogP contribution in [0.1, 0.15) is 51.0 Å². The number of ether oxygens (including phenoxy) is 1. The Labute approximate surface area is 156 Å². The second-order valence-corrected chi connectivity index (χ2v) is 7.49. The molecule has 1 saturated carbocycles. The summed E-state index contributed by atoms with van der Waals surface area (Å²) in [6, 6.07) is 8.15. The van der Waals surface area contributed by atoms with E-state index < -0.39 is 5.41 Å². The van der Waals surface area contributed by atoms with Crippen LogP contribution in [0, 0.1) is 5.41 Å². The van der Waals surface area contributed by atoms with Crippen molar-refractivity contribution in [1.82, 2.24) is 10.2 Å². The molecule has 1 N–H and O–H groups in total. The molecule has 0 radical (unpaired) electrons. The Kier molecular flexibility index (Phi) is 5.84. The Morgan fingerprint density at radius 1 is 1.23 bits per heavy atom. The number of hydrogen-bond donors (Lipinski definition) is 1. The van der Waals surface area contributed by atoms with Gasteiger partial charge in [0.15, 0.2) is 0 Å². The summed E-state index contributed by atoms with van der Waals surface area (Å²) in [7, 11) is 1.65. The van der Waals surface area contributed by atoms with Crippen LogP contribution in [0.4, 0.5) is 0 Å². The molecule has 2 amide bonds. The van der Waals surface area contributed by atoms with E-state index in [1.807, 2.05) is 29.2 Å². The van der Waals surface area contributed by atoms with Crippen molar-refractivity contribution in [3.63, 3.8) is 0 Å². The second-order valence-electron chi connectivity index (χ2n) is 7.49. The molecule has 5 nitrogen and oxygen atoms in total.